The van der Waals surface area contributed by atoms with Gasteiger partial charge in [-0.15, -0.1) is 0 Å². The molecule has 1 aliphatic rings. The molecule has 0 atom stereocenters. The van der Waals surface area contributed by atoms with Crippen LogP contribution in [0.25, 0.3) is 0 Å². The summed E-state index contributed by atoms with van der Waals surface area (Å²) in [6, 6.07) is 0. The molecule has 2 rings (SSSR count). The van der Waals surface area contributed by atoms with Gasteiger partial charge in [-0.2, -0.15) is 0 Å². The highest BCUT2D eigenvalue weighted by Crippen LogP contribution is 2.23. The van der Waals surface area contributed by atoms with Crippen molar-refractivity contribution in [1.82, 2.24) is 14.4 Å². The monoisotopic (exact) mass is 277 g/mol. The smallest absolute Gasteiger partial charge is 0.256 e. The molecular weight excluding hydrogens is 254 g/mol. The van der Waals surface area contributed by atoms with Crippen molar-refractivity contribution in [3.05, 3.63) is 23.0 Å². The number of fused-ring (bicyclic) bond motifs is 1. The standard InChI is InChI=1S/C15H23N3O2/c1-4-16(5-2)8-9-17-7-6-13-14(15(17)20)12(3)10-18(13)11-19/h10-11H,4-9H2,1-3H3. The van der Waals surface area contributed by atoms with Crippen molar-refractivity contribution in [2.45, 2.75) is 27.2 Å². The molecule has 1 aromatic rings. The van der Waals surface area contributed by atoms with E-state index in [1.165, 1.54) is 0 Å². The maximum absolute atomic E-state index is 12.5. The van der Waals surface area contributed by atoms with Crippen LogP contribution < -0.4 is 0 Å². The van der Waals surface area contributed by atoms with E-state index in [1.54, 1.807) is 10.8 Å². The molecule has 1 aliphatic heterocycles. The van der Waals surface area contributed by atoms with Crippen molar-refractivity contribution < 1.29 is 9.59 Å². The summed E-state index contributed by atoms with van der Waals surface area (Å²) in [5.41, 5.74) is 2.48. The van der Waals surface area contributed by atoms with Gasteiger partial charge in [-0.05, 0) is 25.6 Å². The molecule has 0 aromatic carbocycles. The van der Waals surface area contributed by atoms with Crippen LogP contribution in [0.4, 0.5) is 0 Å². The first-order valence-electron chi connectivity index (χ1n) is 7.29. The van der Waals surface area contributed by atoms with Gasteiger partial charge in [-0.3, -0.25) is 14.2 Å². The Labute approximate surface area is 120 Å². The summed E-state index contributed by atoms with van der Waals surface area (Å²) in [6.07, 6.45) is 3.29. The molecule has 0 unspecified atom stereocenters. The normalized spacial score (nSPS) is 14.8. The van der Waals surface area contributed by atoms with Crippen LogP contribution in [0.1, 0.15) is 35.5 Å². The maximum atomic E-state index is 12.5. The van der Waals surface area contributed by atoms with Crippen molar-refractivity contribution in [2.24, 2.45) is 0 Å². The van der Waals surface area contributed by atoms with Gasteiger partial charge in [-0.25, -0.2) is 0 Å². The predicted octanol–water partition coefficient (Wildman–Crippen LogP) is 1.17. The van der Waals surface area contributed by atoms with Gasteiger partial charge < -0.3 is 9.80 Å². The highest BCUT2D eigenvalue weighted by Gasteiger charge is 2.29. The van der Waals surface area contributed by atoms with E-state index in [0.29, 0.717) is 6.54 Å². The summed E-state index contributed by atoms with van der Waals surface area (Å²) in [7, 11) is 0. The Kier molecular flexibility index (Phi) is 4.60. The topological polar surface area (TPSA) is 45.5 Å². The highest BCUT2D eigenvalue weighted by molar-refractivity contribution is 5.98. The van der Waals surface area contributed by atoms with Gasteiger partial charge in [0.1, 0.15) is 0 Å². The summed E-state index contributed by atoms with van der Waals surface area (Å²) < 4.78 is 1.55. The van der Waals surface area contributed by atoms with Crippen LogP contribution in [0, 0.1) is 6.92 Å². The summed E-state index contributed by atoms with van der Waals surface area (Å²) in [5.74, 6) is 0.0662. The van der Waals surface area contributed by atoms with Crippen molar-refractivity contribution in [1.29, 1.82) is 0 Å². The van der Waals surface area contributed by atoms with Crippen molar-refractivity contribution in [3.63, 3.8) is 0 Å². The number of aryl methyl sites for hydroxylation is 1. The quantitative estimate of drug-likeness (QED) is 0.733. The molecule has 0 N–H and O–H groups in total. The lowest BCUT2D eigenvalue weighted by Crippen LogP contribution is -2.42. The third-order valence-corrected chi connectivity index (χ3v) is 4.14. The van der Waals surface area contributed by atoms with Crippen LogP contribution in [0.2, 0.25) is 0 Å². The number of hydrogen-bond acceptors (Lipinski definition) is 3. The minimum absolute atomic E-state index is 0.0662. The number of carbonyl (C=O) groups is 2. The van der Waals surface area contributed by atoms with Crippen molar-refractivity contribution in [2.75, 3.05) is 32.7 Å². The average molecular weight is 277 g/mol. The van der Waals surface area contributed by atoms with Gasteiger partial charge in [0.15, 0.2) is 0 Å². The van der Waals surface area contributed by atoms with E-state index in [0.717, 1.165) is 55.8 Å². The molecule has 0 fully saturated rings. The van der Waals surface area contributed by atoms with E-state index >= 15 is 0 Å². The van der Waals surface area contributed by atoms with E-state index in [2.05, 4.69) is 18.7 Å². The Morgan fingerprint density at radius 2 is 2.05 bits per heavy atom. The first kappa shape index (κ1) is 14.8. The number of aromatic nitrogens is 1. The van der Waals surface area contributed by atoms with Gasteiger partial charge in [0, 0.05) is 37.9 Å². The molecule has 5 heteroatoms. The minimum atomic E-state index is 0.0662. The number of carbonyl (C=O) groups excluding carboxylic acids is 2. The number of hydrogen-bond donors (Lipinski definition) is 0. The Hall–Kier alpha value is -1.62. The summed E-state index contributed by atoms with van der Waals surface area (Å²) in [6.45, 7) is 10.5. The van der Waals surface area contributed by atoms with Crippen LogP contribution >= 0.6 is 0 Å². The zero-order valence-corrected chi connectivity index (χ0v) is 12.6. The fourth-order valence-corrected chi connectivity index (χ4v) is 2.86. The summed E-state index contributed by atoms with van der Waals surface area (Å²) in [5, 5.41) is 0. The highest BCUT2D eigenvalue weighted by atomic mass is 16.2. The van der Waals surface area contributed by atoms with E-state index in [9.17, 15) is 9.59 Å². The number of likely N-dealkylation sites (N-methyl/N-ethyl adjacent to an activating group) is 1. The van der Waals surface area contributed by atoms with E-state index < -0.39 is 0 Å². The maximum Gasteiger partial charge on any atom is 0.256 e. The van der Waals surface area contributed by atoms with Gasteiger partial charge >= 0.3 is 0 Å². The molecule has 0 spiro atoms. The molecule has 20 heavy (non-hydrogen) atoms. The largest absolute Gasteiger partial charge is 0.337 e. The lowest BCUT2D eigenvalue weighted by molar-refractivity contribution is 0.0719. The van der Waals surface area contributed by atoms with Crippen LogP contribution in [0.3, 0.4) is 0 Å². The minimum Gasteiger partial charge on any atom is -0.337 e. The predicted molar refractivity (Wildman–Crippen MR) is 78.7 cm³/mol. The molecule has 1 amide bonds. The van der Waals surface area contributed by atoms with Gasteiger partial charge in [0.05, 0.1) is 5.56 Å². The first-order valence-corrected chi connectivity index (χ1v) is 7.29. The van der Waals surface area contributed by atoms with Crippen molar-refractivity contribution >= 4 is 12.3 Å². The Morgan fingerprint density at radius 1 is 1.35 bits per heavy atom. The molecular formula is C15H23N3O2. The second kappa shape index (κ2) is 6.22. The van der Waals surface area contributed by atoms with Crippen LogP contribution in [0.5, 0.6) is 0 Å². The second-order valence-electron chi connectivity index (χ2n) is 5.22. The van der Waals surface area contributed by atoms with E-state index in [1.807, 2.05) is 11.8 Å². The zero-order valence-electron chi connectivity index (χ0n) is 12.6. The first-order chi connectivity index (χ1) is 9.62. The van der Waals surface area contributed by atoms with Crippen molar-refractivity contribution in [3.8, 4) is 0 Å². The summed E-state index contributed by atoms with van der Waals surface area (Å²) in [4.78, 5) is 27.8. The van der Waals surface area contributed by atoms with E-state index in [4.69, 9.17) is 0 Å². The second-order valence-corrected chi connectivity index (χ2v) is 5.22. The molecule has 110 valence electrons. The van der Waals surface area contributed by atoms with Gasteiger partial charge in [0.2, 0.25) is 6.41 Å². The molecule has 1 aromatic heterocycles. The molecule has 0 radical (unpaired) electrons. The van der Waals surface area contributed by atoms with Gasteiger partial charge in [0.25, 0.3) is 5.91 Å². The molecule has 0 aliphatic carbocycles. The Morgan fingerprint density at radius 3 is 2.65 bits per heavy atom. The Balaban J connectivity index is 2.11. The molecule has 0 saturated heterocycles. The molecule has 0 saturated carbocycles. The lowest BCUT2D eigenvalue weighted by atomic mass is 10.0. The molecule has 5 nitrogen and oxygen atoms in total. The summed E-state index contributed by atoms with van der Waals surface area (Å²) >= 11 is 0. The Bertz CT molecular complexity index is 503. The number of nitrogens with zero attached hydrogens (tertiary/aromatic N) is 3. The number of amides is 1. The average Bonchev–Trinajstić information content (AvgIpc) is 2.79. The molecule has 2 heterocycles. The van der Waals surface area contributed by atoms with Crippen LogP contribution in [-0.2, 0) is 11.2 Å². The van der Waals surface area contributed by atoms with Crippen LogP contribution in [0.15, 0.2) is 6.20 Å². The van der Waals surface area contributed by atoms with Crippen LogP contribution in [-0.4, -0.2) is 59.4 Å². The third-order valence-electron chi connectivity index (χ3n) is 4.14. The fourth-order valence-electron chi connectivity index (χ4n) is 2.86. The molecule has 0 bridgehead atoms. The fraction of sp³-hybridized carbons (Fsp3) is 0.600. The van der Waals surface area contributed by atoms with E-state index in [-0.39, 0.29) is 5.91 Å². The van der Waals surface area contributed by atoms with Gasteiger partial charge in [-0.1, -0.05) is 13.8 Å². The number of rotatable bonds is 6. The zero-order chi connectivity index (χ0) is 14.7. The third kappa shape index (κ3) is 2.63. The lowest BCUT2D eigenvalue weighted by Gasteiger charge is -2.30. The SMILES string of the molecule is CCN(CC)CCN1CCc2c(c(C)cn2C=O)C1=O.